The van der Waals surface area contributed by atoms with Crippen molar-refractivity contribution in [3.05, 3.63) is 23.8 Å². The fourth-order valence-corrected chi connectivity index (χ4v) is 2.97. The first kappa shape index (κ1) is 11.2. The summed E-state index contributed by atoms with van der Waals surface area (Å²) in [6, 6.07) is 5.33. The van der Waals surface area contributed by atoms with Crippen molar-refractivity contribution in [1.29, 1.82) is 0 Å². The lowest BCUT2D eigenvalue weighted by atomic mass is 10.0. The van der Waals surface area contributed by atoms with E-state index < -0.39 is 10.2 Å². The van der Waals surface area contributed by atoms with Crippen molar-refractivity contribution in [2.75, 3.05) is 23.6 Å². The molecule has 0 atom stereocenters. The molecule has 0 radical (unpaired) electrons. The fourth-order valence-electron chi connectivity index (χ4n) is 1.94. The van der Waals surface area contributed by atoms with Gasteiger partial charge in [0.05, 0.1) is 5.69 Å². The number of rotatable bonds is 2. The molecule has 16 heavy (non-hydrogen) atoms. The molecular formula is C10H15N3O2S. The van der Waals surface area contributed by atoms with Gasteiger partial charge in [-0.05, 0) is 36.6 Å². The molecule has 1 aromatic carbocycles. The zero-order valence-corrected chi connectivity index (χ0v) is 9.92. The van der Waals surface area contributed by atoms with Crippen LogP contribution < -0.4 is 14.8 Å². The van der Waals surface area contributed by atoms with Gasteiger partial charge in [-0.1, -0.05) is 0 Å². The average molecular weight is 241 g/mol. The first-order valence-corrected chi connectivity index (χ1v) is 6.58. The zero-order chi connectivity index (χ0) is 11.8. The summed E-state index contributed by atoms with van der Waals surface area (Å²) in [6.45, 7) is 0.514. The van der Waals surface area contributed by atoms with Crippen molar-refractivity contribution < 1.29 is 8.42 Å². The summed E-state index contributed by atoms with van der Waals surface area (Å²) in [5.74, 6) is 0. The monoisotopic (exact) mass is 241 g/mol. The zero-order valence-electron chi connectivity index (χ0n) is 9.10. The summed E-state index contributed by atoms with van der Waals surface area (Å²) in [5.41, 5.74) is 8.08. The van der Waals surface area contributed by atoms with Crippen LogP contribution in [0.2, 0.25) is 0 Å². The van der Waals surface area contributed by atoms with E-state index >= 15 is 0 Å². The number of nitrogens with two attached hydrogens (primary N) is 1. The number of nitrogens with zero attached hydrogens (tertiary/aromatic N) is 1. The summed E-state index contributed by atoms with van der Waals surface area (Å²) >= 11 is 0. The minimum Gasteiger partial charge on any atom is -0.399 e. The Labute approximate surface area is 95.4 Å². The second-order valence-corrected chi connectivity index (χ2v) is 5.57. The predicted molar refractivity (Wildman–Crippen MR) is 64.5 cm³/mol. The molecule has 5 nitrogen and oxygen atoms in total. The second kappa shape index (κ2) is 3.95. The molecule has 0 aliphatic carbocycles. The molecule has 0 fully saturated rings. The highest BCUT2D eigenvalue weighted by atomic mass is 32.2. The Morgan fingerprint density at radius 3 is 2.88 bits per heavy atom. The molecule has 0 unspecified atom stereocenters. The van der Waals surface area contributed by atoms with Gasteiger partial charge < -0.3 is 5.73 Å². The van der Waals surface area contributed by atoms with Gasteiger partial charge in [0.1, 0.15) is 0 Å². The lowest BCUT2D eigenvalue weighted by molar-refractivity contribution is 0.578. The third-order valence-electron chi connectivity index (χ3n) is 2.73. The number of benzene rings is 1. The first-order valence-electron chi connectivity index (χ1n) is 5.14. The maximum Gasteiger partial charge on any atom is 0.301 e. The van der Waals surface area contributed by atoms with Crippen LogP contribution in [0.3, 0.4) is 0 Å². The van der Waals surface area contributed by atoms with Gasteiger partial charge in [-0.15, -0.1) is 0 Å². The molecule has 1 heterocycles. The molecular weight excluding hydrogens is 226 g/mol. The van der Waals surface area contributed by atoms with E-state index in [1.54, 1.807) is 12.1 Å². The molecule has 0 amide bonds. The first-order chi connectivity index (χ1) is 7.54. The SMILES string of the molecule is CNS(=O)(=O)N1CCCc2cc(N)ccc21. The summed E-state index contributed by atoms with van der Waals surface area (Å²) in [6.07, 6.45) is 1.69. The second-order valence-electron chi connectivity index (χ2n) is 3.77. The third kappa shape index (κ3) is 1.85. The van der Waals surface area contributed by atoms with Crippen LogP contribution in [-0.4, -0.2) is 22.0 Å². The van der Waals surface area contributed by atoms with E-state index in [1.807, 2.05) is 6.07 Å². The van der Waals surface area contributed by atoms with Crippen molar-refractivity contribution in [1.82, 2.24) is 4.72 Å². The Morgan fingerprint density at radius 2 is 2.19 bits per heavy atom. The molecule has 0 spiro atoms. The molecule has 0 saturated heterocycles. The number of aryl methyl sites for hydroxylation is 1. The van der Waals surface area contributed by atoms with Crippen molar-refractivity contribution >= 4 is 21.6 Å². The van der Waals surface area contributed by atoms with E-state index in [9.17, 15) is 8.42 Å². The Balaban J connectivity index is 2.49. The number of fused-ring (bicyclic) bond motifs is 1. The fraction of sp³-hybridized carbons (Fsp3) is 0.400. The number of anilines is 2. The maximum absolute atomic E-state index is 11.8. The Bertz CT molecular complexity index is 499. The largest absolute Gasteiger partial charge is 0.399 e. The Kier molecular flexibility index (Phi) is 2.77. The van der Waals surface area contributed by atoms with Gasteiger partial charge in [-0.2, -0.15) is 8.42 Å². The molecule has 3 N–H and O–H groups in total. The van der Waals surface area contributed by atoms with Crippen LogP contribution in [0, 0.1) is 0 Å². The standard InChI is InChI=1S/C10H15N3O2S/c1-12-16(14,15)13-6-2-3-8-7-9(11)4-5-10(8)13/h4-5,7,12H,2-3,6,11H2,1H3. The third-order valence-corrected chi connectivity index (χ3v) is 4.20. The van der Waals surface area contributed by atoms with Crippen molar-refractivity contribution in [2.45, 2.75) is 12.8 Å². The molecule has 2 rings (SSSR count). The summed E-state index contributed by atoms with van der Waals surface area (Å²) in [7, 11) is -1.99. The lowest BCUT2D eigenvalue weighted by Gasteiger charge is -2.30. The van der Waals surface area contributed by atoms with Gasteiger partial charge in [-0.3, -0.25) is 4.31 Å². The molecule has 88 valence electrons. The van der Waals surface area contributed by atoms with Crippen LogP contribution in [0.15, 0.2) is 18.2 Å². The average Bonchev–Trinajstić information content (AvgIpc) is 2.27. The van der Waals surface area contributed by atoms with Crippen molar-refractivity contribution in [2.24, 2.45) is 0 Å². The summed E-state index contributed by atoms with van der Waals surface area (Å²) in [5, 5.41) is 0. The molecule has 0 bridgehead atoms. The minimum atomic E-state index is -3.40. The molecule has 1 aliphatic heterocycles. The van der Waals surface area contributed by atoms with Crippen LogP contribution in [0.4, 0.5) is 11.4 Å². The Morgan fingerprint density at radius 1 is 1.44 bits per heavy atom. The van der Waals surface area contributed by atoms with E-state index in [1.165, 1.54) is 11.4 Å². The van der Waals surface area contributed by atoms with E-state index in [0.29, 0.717) is 12.2 Å². The topological polar surface area (TPSA) is 75.4 Å². The van der Waals surface area contributed by atoms with Gasteiger partial charge >= 0.3 is 10.2 Å². The predicted octanol–water partition coefficient (Wildman–Crippen LogP) is 0.486. The van der Waals surface area contributed by atoms with Crippen LogP contribution in [0.1, 0.15) is 12.0 Å². The Hall–Kier alpha value is -1.27. The summed E-state index contributed by atoms with van der Waals surface area (Å²) in [4.78, 5) is 0. The number of hydrogen-bond donors (Lipinski definition) is 2. The number of nitrogen functional groups attached to an aromatic ring is 1. The molecule has 1 aliphatic rings. The van der Waals surface area contributed by atoms with Crippen LogP contribution >= 0.6 is 0 Å². The highest BCUT2D eigenvalue weighted by molar-refractivity contribution is 7.90. The van der Waals surface area contributed by atoms with Crippen LogP contribution in [0.25, 0.3) is 0 Å². The van der Waals surface area contributed by atoms with Gasteiger partial charge in [0, 0.05) is 19.3 Å². The van der Waals surface area contributed by atoms with Gasteiger partial charge in [0.15, 0.2) is 0 Å². The normalized spacial score (nSPS) is 15.9. The smallest absolute Gasteiger partial charge is 0.301 e. The maximum atomic E-state index is 11.8. The molecule has 6 heteroatoms. The van der Waals surface area contributed by atoms with Crippen LogP contribution in [-0.2, 0) is 16.6 Å². The van der Waals surface area contributed by atoms with Crippen molar-refractivity contribution in [3.63, 3.8) is 0 Å². The van der Waals surface area contributed by atoms with E-state index in [-0.39, 0.29) is 0 Å². The number of nitrogens with one attached hydrogen (secondary N) is 1. The molecule has 0 aromatic heterocycles. The quantitative estimate of drug-likeness (QED) is 0.740. The number of hydrogen-bond acceptors (Lipinski definition) is 3. The van der Waals surface area contributed by atoms with Crippen molar-refractivity contribution in [3.8, 4) is 0 Å². The van der Waals surface area contributed by atoms with E-state index in [2.05, 4.69) is 4.72 Å². The highest BCUT2D eigenvalue weighted by Crippen LogP contribution is 2.30. The lowest BCUT2D eigenvalue weighted by Crippen LogP contribution is -2.41. The highest BCUT2D eigenvalue weighted by Gasteiger charge is 2.25. The van der Waals surface area contributed by atoms with E-state index in [4.69, 9.17) is 5.73 Å². The molecule has 0 saturated carbocycles. The molecule has 1 aromatic rings. The van der Waals surface area contributed by atoms with Gasteiger partial charge in [0.2, 0.25) is 0 Å². The van der Waals surface area contributed by atoms with E-state index in [0.717, 1.165) is 24.1 Å². The van der Waals surface area contributed by atoms with Gasteiger partial charge in [0.25, 0.3) is 0 Å². The van der Waals surface area contributed by atoms with Gasteiger partial charge in [-0.25, -0.2) is 4.72 Å². The summed E-state index contributed by atoms with van der Waals surface area (Å²) < 4.78 is 27.3. The van der Waals surface area contributed by atoms with Crippen LogP contribution in [0.5, 0.6) is 0 Å². The minimum absolute atomic E-state index is 0.514.